The second kappa shape index (κ2) is 8.38. The van der Waals surface area contributed by atoms with E-state index < -0.39 is 0 Å². The van der Waals surface area contributed by atoms with Gasteiger partial charge in [-0.05, 0) is 48.2 Å². The summed E-state index contributed by atoms with van der Waals surface area (Å²) in [5.74, 6) is 0.850. The first-order valence-corrected chi connectivity index (χ1v) is 8.83. The van der Waals surface area contributed by atoms with E-state index in [0.29, 0.717) is 13.0 Å². The van der Waals surface area contributed by atoms with Crippen molar-refractivity contribution in [3.63, 3.8) is 0 Å². The number of fused-ring (bicyclic) bond motifs is 1. The number of carbonyl (C=O) groups excluding carboxylic acids is 1. The highest BCUT2D eigenvalue weighted by molar-refractivity contribution is 5.90. The number of amides is 1. The average molecular weight is 336 g/mol. The van der Waals surface area contributed by atoms with Crippen LogP contribution in [0.5, 0.6) is 5.75 Å². The van der Waals surface area contributed by atoms with Gasteiger partial charge in [0.2, 0.25) is 5.91 Å². The van der Waals surface area contributed by atoms with Gasteiger partial charge in [-0.15, -0.1) is 0 Å². The van der Waals surface area contributed by atoms with Crippen molar-refractivity contribution >= 4 is 22.5 Å². The molecular weight excluding hydrogens is 312 g/mol. The van der Waals surface area contributed by atoms with Gasteiger partial charge in [-0.3, -0.25) is 4.79 Å². The molecule has 0 bridgehead atoms. The average Bonchev–Trinajstić information content (AvgIpc) is 3.05. The third-order valence-electron chi connectivity index (χ3n) is 4.16. The van der Waals surface area contributed by atoms with E-state index in [9.17, 15) is 4.79 Å². The standard InChI is InChI=1S/C21H24N2O2/c1-2-3-16-25-19-10-8-18(9-11-19)22-21(24)13-15-23-14-12-17-6-4-5-7-20(17)23/h4-12,14H,2-3,13,15-16H2,1H3,(H,22,24). The van der Waals surface area contributed by atoms with Crippen LogP contribution in [-0.2, 0) is 11.3 Å². The molecule has 4 heteroatoms. The molecule has 1 amide bonds. The first-order chi connectivity index (χ1) is 12.3. The first kappa shape index (κ1) is 17.1. The monoisotopic (exact) mass is 336 g/mol. The summed E-state index contributed by atoms with van der Waals surface area (Å²) in [6.07, 6.45) is 4.63. The lowest BCUT2D eigenvalue weighted by molar-refractivity contribution is -0.116. The Kier molecular flexibility index (Phi) is 5.73. The summed E-state index contributed by atoms with van der Waals surface area (Å²) in [4.78, 5) is 12.2. The molecule has 0 aliphatic rings. The minimum absolute atomic E-state index is 0.0115. The molecule has 0 radical (unpaired) electrons. The Bertz CT molecular complexity index is 821. The molecule has 0 saturated carbocycles. The number of nitrogens with zero attached hydrogens (tertiary/aromatic N) is 1. The maximum Gasteiger partial charge on any atom is 0.226 e. The van der Waals surface area contributed by atoms with Gasteiger partial charge in [-0.1, -0.05) is 31.5 Å². The van der Waals surface area contributed by atoms with E-state index in [0.717, 1.165) is 36.4 Å². The summed E-state index contributed by atoms with van der Waals surface area (Å²) in [7, 11) is 0. The lowest BCUT2D eigenvalue weighted by Gasteiger charge is -2.09. The van der Waals surface area contributed by atoms with E-state index in [1.54, 1.807) is 0 Å². The number of nitrogens with one attached hydrogen (secondary N) is 1. The van der Waals surface area contributed by atoms with Crippen molar-refractivity contribution in [2.75, 3.05) is 11.9 Å². The summed E-state index contributed by atoms with van der Waals surface area (Å²) >= 11 is 0. The molecule has 130 valence electrons. The molecule has 0 saturated heterocycles. The van der Waals surface area contributed by atoms with E-state index >= 15 is 0 Å². The molecule has 3 rings (SSSR count). The van der Waals surface area contributed by atoms with Crippen molar-refractivity contribution in [2.45, 2.75) is 32.7 Å². The topological polar surface area (TPSA) is 43.3 Å². The van der Waals surface area contributed by atoms with Gasteiger partial charge >= 0.3 is 0 Å². The zero-order chi connectivity index (χ0) is 17.5. The molecule has 0 aliphatic heterocycles. The van der Waals surface area contributed by atoms with Crippen LogP contribution < -0.4 is 10.1 Å². The Morgan fingerprint density at radius 3 is 2.68 bits per heavy atom. The predicted molar refractivity (Wildman–Crippen MR) is 102 cm³/mol. The largest absolute Gasteiger partial charge is 0.494 e. The van der Waals surface area contributed by atoms with Crippen LogP contribution in [0.2, 0.25) is 0 Å². The third kappa shape index (κ3) is 4.63. The zero-order valence-corrected chi connectivity index (χ0v) is 14.6. The summed E-state index contributed by atoms with van der Waals surface area (Å²) in [6, 6.07) is 17.8. The molecule has 0 aliphatic carbocycles. The van der Waals surface area contributed by atoms with Crippen LogP contribution in [0, 0.1) is 0 Å². The van der Waals surface area contributed by atoms with Gasteiger partial charge in [0.25, 0.3) is 0 Å². The second-order valence-electron chi connectivity index (χ2n) is 6.09. The van der Waals surface area contributed by atoms with Crippen LogP contribution in [0.3, 0.4) is 0 Å². The van der Waals surface area contributed by atoms with Gasteiger partial charge in [0.05, 0.1) is 6.61 Å². The van der Waals surface area contributed by atoms with Crippen molar-refractivity contribution in [3.8, 4) is 5.75 Å². The van der Waals surface area contributed by atoms with Crippen LogP contribution in [0.4, 0.5) is 5.69 Å². The number of ether oxygens (including phenoxy) is 1. The number of hydrogen-bond donors (Lipinski definition) is 1. The smallest absolute Gasteiger partial charge is 0.226 e. The van der Waals surface area contributed by atoms with Crippen LogP contribution >= 0.6 is 0 Å². The van der Waals surface area contributed by atoms with Gasteiger partial charge in [0.1, 0.15) is 5.75 Å². The number of carbonyl (C=O) groups is 1. The summed E-state index contributed by atoms with van der Waals surface area (Å²) in [5, 5.41) is 4.13. The van der Waals surface area contributed by atoms with Crippen molar-refractivity contribution < 1.29 is 9.53 Å². The van der Waals surface area contributed by atoms with Crippen molar-refractivity contribution in [2.24, 2.45) is 0 Å². The van der Waals surface area contributed by atoms with E-state index in [2.05, 4.69) is 35.0 Å². The van der Waals surface area contributed by atoms with Crippen LogP contribution in [0.15, 0.2) is 60.8 Å². The second-order valence-corrected chi connectivity index (χ2v) is 6.09. The maximum atomic E-state index is 12.2. The minimum Gasteiger partial charge on any atom is -0.494 e. The Morgan fingerprint density at radius 1 is 1.08 bits per heavy atom. The van der Waals surface area contributed by atoms with E-state index in [4.69, 9.17) is 4.74 Å². The number of anilines is 1. The lowest BCUT2D eigenvalue weighted by atomic mass is 10.2. The fourth-order valence-corrected chi connectivity index (χ4v) is 2.75. The Morgan fingerprint density at radius 2 is 1.88 bits per heavy atom. The van der Waals surface area contributed by atoms with E-state index in [1.807, 2.05) is 42.6 Å². The fraction of sp³-hybridized carbons (Fsp3) is 0.286. The molecule has 1 aromatic heterocycles. The summed E-state index contributed by atoms with van der Waals surface area (Å²) in [6.45, 7) is 3.53. The van der Waals surface area contributed by atoms with Gasteiger partial charge in [0, 0.05) is 30.4 Å². The van der Waals surface area contributed by atoms with E-state index in [-0.39, 0.29) is 5.91 Å². The molecular formula is C21H24N2O2. The highest BCUT2D eigenvalue weighted by atomic mass is 16.5. The van der Waals surface area contributed by atoms with Gasteiger partial charge < -0.3 is 14.6 Å². The fourth-order valence-electron chi connectivity index (χ4n) is 2.75. The Labute approximate surface area is 148 Å². The molecule has 25 heavy (non-hydrogen) atoms. The Balaban J connectivity index is 1.50. The Hall–Kier alpha value is -2.75. The molecule has 0 spiro atoms. The van der Waals surface area contributed by atoms with Crippen LogP contribution in [0.25, 0.3) is 10.9 Å². The number of para-hydroxylation sites is 1. The summed E-state index contributed by atoms with van der Waals surface area (Å²) in [5.41, 5.74) is 1.95. The molecule has 4 nitrogen and oxygen atoms in total. The molecule has 2 aromatic carbocycles. The van der Waals surface area contributed by atoms with Gasteiger partial charge in [0.15, 0.2) is 0 Å². The van der Waals surface area contributed by atoms with Crippen molar-refractivity contribution in [1.82, 2.24) is 4.57 Å². The molecule has 1 N–H and O–H groups in total. The highest BCUT2D eigenvalue weighted by Crippen LogP contribution is 2.17. The first-order valence-electron chi connectivity index (χ1n) is 8.83. The van der Waals surface area contributed by atoms with Gasteiger partial charge in [-0.25, -0.2) is 0 Å². The van der Waals surface area contributed by atoms with Crippen LogP contribution in [0.1, 0.15) is 26.2 Å². The number of aryl methyl sites for hydroxylation is 1. The summed E-state index contributed by atoms with van der Waals surface area (Å²) < 4.78 is 7.74. The van der Waals surface area contributed by atoms with Gasteiger partial charge in [-0.2, -0.15) is 0 Å². The number of hydrogen-bond acceptors (Lipinski definition) is 2. The number of rotatable bonds is 8. The molecule has 1 heterocycles. The van der Waals surface area contributed by atoms with Crippen molar-refractivity contribution in [1.29, 1.82) is 0 Å². The highest BCUT2D eigenvalue weighted by Gasteiger charge is 2.05. The normalized spacial score (nSPS) is 10.8. The quantitative estimate of drug-likeness (QED) is 0.598. The van der Waals surface area contributed by atoms with Crippen LogP contribution in [-0.4, -0.2) is 17.1 Å². The lowest BCUT2D eigenvalue weighted by Crippen LogP contribution is -2.14. The van der Waals surface area contributed by atoms with Crippen molar-refractivity contribution in [3.05, 3.63) is 60.8 Å². The number of benzene rings is 2. The minimum atomic E-state index is 0.0115. The third-order valence-corrected chi connectivity index (χ3v) is 4.16. The molecule has 3 aromatic rings. The molecule has 0 fully saturated rings. The zero-order valence-electron chi connectivity index (χ0n) is 14.6. The number of aromatic nitrogens is 1. The molecule has 0 unspecified atom stereocenters. The molecule has 0 atom stereocenters. The maximum absolute atomic E-state index is 12.2. The van der Waals surface area contributed by atoms with E-state index in [1.165, 1.54) is 5.39 Å². The number of unbranched alkanes of at least 4 members (excludes halogenated alkanes) is 1. The predicted octanol–water partition coefficient (Wildman–Crippen LogP) is 4.85. The SMILES string of the molecule is CCCCOc1ccc(NC(=O)CCn2ccc3ccccc32)cc1.